The lowest BCUT2D eigenvalue weighted by atomic mass is 10.1. The van der Waals surface area contributed by atoms with E-state index in [-0.39, 0.29) is 23.9 Å². The van der Waals surface area contributed by atoms with Crippen molar-refractivity contribution in [2.45, 2.75) is 20.4 Å². The predicted molar refractivity (Wildman–Crippen MR) is 103 cm³/mol. The van der Waals surface area contributed by atoms with Crippen molar-refractivity contribution in [3.8, 4) is 0 Å². The molecule has 0 fully saturated rings. The molecule has 0 aliphatic carbocycles. The minimum Gasteiger partial charge on any atom is -0.465 e. The number of amides is 2. The molecule has 2 rings (SSSR count). The van der Waals surface area contributed by atoms with E-state index in [9.17, 15) is 14.4 Å². The number of carbonyl (C=O) groups is 3. The van der Waals surface area contributed by atoms with Crippen LogP contribution in [-0.4, -0.2) is 42.9 Å². The molecule has 0 aliphatic heterocycles. The normalized spacial score (nSPS) is 10.2. The Hall–Kier alpha value is -3.15. The van der Waals surface area contributed by atoms with Crippen LogP contribution in [0.1, 0.15) is 29.8 Å². The molecule has 0 heterocycles. The molecule has 0 spiro atoms. The van der Waals surface area contributed by atoms with Gasteiger partial charge in [-0.15, -0.1) is 0 Å². The van der Waals surface area contributed by atoms with Gasteiger partial charge in [0.25, 0.3) is 0 Å². The Morgan fingerprint density at radius 2 is 1.59 bits per heavy atom. The Bertz CT molecular complexity index is 805. The first-order valence-electron chi connectivity index (χ1n) is 8.75. The van der Waals surface area contributed by atoms with E-state index in [1.165, 1.54) is 18.9 Å². The van der Waals surface area contributed by atoms with Crippen LogP contribution < -0.4 is 4.90 Å². The topological polar surface area (TPSA) is 66.9 Å². The summed E-state index contributed by atoms with van der Waals surface area (Å²) < 4.78 is 4.79. The van der Waals surface area contributed by atoms with Gasteiger partial charge >= 0.3 is 5.97 Å². The highest BCUT2D eigenvalue weighted by Crippen LogP contribution is 2.22. The van der Waals surface area contributed by atoms with Gasteiger partial charge in [-0.3, -0.25) is 9.59 Å². The van der Waals surface area contributed by atoms with Gasteiger partial charge in [-0.05, 0) is 24.6 Å². The number of carbonyl (C=O) groups excluding carboxylic acids is 3. The van der Waals surface area contributed by atoms with Gasteiger partial charge in [-0.1, -0.05) is 42.5 Å². The highest BCUT2D eigenvalue weighted by atomic mass is 16.5. The highest BCUT2D eigenvalue weighted by Gasteiger charge is 2.24. The largest absolute Gasteiger partial charge is 0.465 e. The fraction of sp³-hybridized carbons (Fsp3) is 0.286. The van der Waals surface area contributed by atoms with Crippen LogP contribution in [0.15, 0.2) is 54.6 Å². The fourth-order valence-electron chi connectivity index (χ4n) is 2.77. The first-order valence-corrected chi connectivity index (χ1v) is 8.75. The van der Waals surface area contributed by atoms with Crippen LogP contribution in [0, 0.1) is 0 Å². The Balaban J connectivity index is 2.24. The van der Waals surface area contributed by atoms with Gasteiger partial charge in [0.2, 0.25) is 11.8 Å². The van der Waals surface area contributed by atoms with Gasteiger partial charge in [-0.25, -0.2) is 4.79 Å². The third-order valence-corrected chi connectivity index (χ3v) is 4.22. The minimum atomic E-state index is -0.555. The average molecular weight is 368 g/mol. The van der Waals surface area contributed by atoms with Crippen LogP contribution in [0.25, 0.3) is 0 Å². The lowest BCUT2D eigenvalue weighted by molar-refractivity contribution is -0.131. The number of likely N-dealkylation sites (N-methyl/N-ethyl adjacent to an activating group) is 1. The quantitative estimate of drug-likeness (QED) is 0.705. The third kappa shape index (κ3) is 5.17. The molecule has 0 aromatic heterocycles. The van der Waals surface area contributed by atoms with E-state index < -0.39 is 5.97 Å². The minimum absolute atomic E-state index is 0.149. The zero-order valence-corrected chi connectivity index (χ0v) is 15.8. The van der Waals surface area contributed by atoms with Gasteiger partial charge < -0.3 is 14.5 Å². The van der Waals surface area contributed by atoms with E-state index in [0.717, 1.165) is 5.56 Å². The molecule has 2 aromatic carbocycles. The summed E-state index contributed by atoms with van der Waals surface area (Å²) in [7, 11) is 1.28. The second kappa shape index (κ2) is 9.52. The van der Waals surface area contributed by atoms with E-state index in [2.05, 4.69) is 0 Å². The van der Waals surface area contributed by atoms with Gasteiger partial charge in [0.1, 0.15) is 6.54 Å². The first kappa shape index (κ1) is 20.2. The van der Waals surface area contributed by atoms with Crippen molar-refractivity contribution in [1.82, 2.24) is 4.90 Å². The molecule has 0 unspecified atom stereocenters. The second-order valence-electron chi connectivity index (χ2n) is 6.01. The summed E-state index contributed by atoms with van der Waals surface area (Å²) in [5.74, 6) is -1.08. The van der Waals surface area contributed by atoms with Crippen molar-refractivity contribution in [3.05, 3.63) is 65.7 Å². The lowest BCUT2D eigenvalue weighted by Crippen LogP contribution is -2.42. The Morgan fingerprint density at radius 1 is 0.963 bits per heavy atom. The number of ether oxygens (including phenoxy) is 1. The number of hydrogen-bond acceptors (Lipinski definition) is 4. The van der Waals surface area contributed by atoms with Gasteiger partial charge in [-0.2, -0.15) is 0 Å². The molecule has 0 saturated heterocycles. The van der Waals surface area contributed by atoms with Crippen LogP contribution in [0.3, 0.4) is 0 Å². The van der Waals surface area contributed by atoms with Crippen molar-refractivity contribution in [3.63, 3.8) is 0 Å². The maximum Gasteiger partial charge on any atom is 0.339 e. The van der Waals surface area contributed by atoms with Crippen LogP contribution in [-0.2, 0) is 20.9 Å². The molecule has 0 atom stereocenters. The van der Waals surface area contributed by atoms with Crippen LogP contribution in [0.5, 0.6) is 0 Å². The van der Waals surface area contributed by atoms with Crippen molar-refractivity contribution in [2.75, 3.05) is 25.1 Å². The molecule has 2 aromatic rings. The number of benzene rings is 2. The standard InChI is InChI=1S/C21H24N2O4/c1-4-22(14-17-10-6-5-7-11-17)20(25)15-23(16(2)24)19-13-9-8-12-18(19)21(26)27-3/h5-13H,4,14-15H2,1-3H3. The summed E-state index contributed by atoms with van der Waals surface area (Å²) in [5, 5.41) is 0. The summed E-state index contributed by atoms with van der Waals surface area (Å²) >= 11 is 0. The molecular formula is C21H24N2O4. The summed E-state index contributed by atoms with van der Waals surface area (Å²) in [5.41, 5.74) is 1.62. The maximum absolute atomic E-state index is 12.8. The number of anilines is 1. The number of nitrogens with zero attached hydrogens (tertiary/aromatic N) is 2. The summed E-state index contributed by atoms with van der Waals surface area (Å²) in [6.07, 6.45) is 0. The fourth-order valence-corrected chi connectivity index (χ4v) is 2.77. The first-order chi connectivity index (χ1) is 13.0. The van der Waals surface area contributed by atoms with Crippen molar-refractivity contribution in [2.24, 2.45) is 0 Å². The monoisotopic (exact) mass is 368 g/mol. The number of methoxy groups -OCH3 is 1. The summed E-state index contributed by atoms with van der Waals surface area (Å²) in [6.45, 7) is 4.08. The van der Waals surface area contributed by atoms with E-state index in [0.29, 0.717) is 18.8 Å². The van der Waals surface area contributed by atoms with E-state index in [1.807, 2.05) is 37.3 Å². The lowest BCUT2D eigenvalue weighted by Gasteiger charge is -2.27. The molecule has 142 valence electrons. The molecular weight excluding hydrogens is 344 g/mol. The zero-order chi connectivity index (χ0) is 19.8. The van der Waals surface area contributed by atoms with E-state index in [1.54, 1.807) is 29.2 Å². The Labute approximate surface area is 159 Å². The van der Waals surface area contributed by atoms with Gasteiger partial charge in [0, 0.05) is 20.0 Å². The predicted octanol–water partition coefficient (Wildman–Crippen LogP) is 2.87. The number of hydrogen-bond donors (Lipinski definition) is 0. The highest BCUT2D eigenvalue weighted by molar-refractivity contribution is 6.04. The summed E-state index contributed by atoms with van der Waals surface area (Å²) in [4.78, 5) is 40.1. The molecule has 6 heteroatoms. The maximum atomic E-state index is 12.8. The zero-order valence-electron chi connectivity index (χ0n) is 15.8. The molecule has 0 aliphatic rings. The number of para-hydroxylation sites is 1. The van der Waals surface area contributed by atoms with E-state index >= 15 is 0 Å². The molecule has 0 saturated carbocycles. The molecule has 0 bridgehead atoms. The van der Waals surface area contributed by atoms with Crippen molar-refractivity contribution in [1.29, 1.82) is 0 Å². The third-order valence-electron chi connectivity index (χ3n) is 4.22. The van der Waals surface area contributed by atoms with Crippen LogP contribution in [0.4, 0.5) is 5.69 Å². The van der Waals surface area contributed by atoms with Crippen molar-refractivity contribution >= 4 is 23.5 Å². The van der Waals surface area contributed by atoms with Crippen LogP contribution >= 0.6 is 0 Å². The molecule has 27 heavy (non-hydrogen) atoms. The number of rotatable bonds is 7. The van der Waals surface area contributed by atoms with Gasteiger partial charge in [0.05, 0.1) is 18.4 Å². The summed E-state index contributed by atoms with van der Waals surface area (Å²) in [6, 6.07) is 16.3. The number of esters is 1. The molecule has 0 radical (unpaired) electrons. The second-order valence-corrected chi connectivity index (χ2v) is 6.01. The van der Waals surface area contributed by atoms with E-state index in [4.69, 9.17) is 4.74 Å². The molecule has 2 amide bonds. The van der Waals surface area contributed by atoms with Crippen molar-refractivity contribution < 1.29 is 19.1 Å². The van der Waals surface area contributed by atoms with Crippen LogP contribution in [0.2, 0.25) is 0 Å². The molecule has 0 N–H and O–H groups in total. The average Bonchev–Trinajstić information content (AvgIpc) is 2.70. The van der Waals surface area contributed by atoms with Gasteiger partial charge in [0.15, 0.2) is 0 Å². The Kier molecular flexibility index (Phi) is 7.11. The molecule has 6 nitrogen and oxygen atoms in total. The SMILES string of the molecule is CCN(Cc1ccccc1)C(=O)CN(C(C)=O)c1ccccc1C(=O)OC. The smallest absolute Gasteiger partial charge is 0.339 e. The Morgan fingerprint density at radius 3 is 2.19 bits per heavy atom.